The second-order valence-corrected chi connectivity index (χ2v) is 6.28. The van der Waals surface area contributed by atoms with Crippen LogP contribution >= 0.6 is 0 Å². The Labute approximate surface area is 170 Å². The lowest BCUT2D eigenvalue weighted by molar-refractivity contribution is 0.0950. The van der Waals surface area contributed by atoms with E-state index in [1.807, 2.05) is 43.3 Å². The topological polar surface area (TPSA) is 69.7 Å². The third kappa shape index (κ3) is 5.72. The minimum absolute atomic E-state index is 0.187. The van der Waals surface area contributed by atoms with Crippen molar-refractivity contribution in [2.75, 3.05) is 13.7 Å². The fraction of sp³-hybridized carbons (Fsp3) is 0.217. The van der Waals surface area contributed by atoms with Crippen LogP contribution in [0.1, 0.15) is 28.4 Å². The molecule has 0 aliphatic carbocycles. The van der Waals surface area contributed by atoms with E-state index in [1.54, 1.807) is 37.7 Å². The molecule has 0 atom stereocenters. The van der Waals surface area contributed by atoms with Crippen molar-refractivity contribution in [3.05, 3.63) is 83.7 Å². The van der Waals surface area contributed by atoms with Crippen molar-refractivity contribution in [2.45, 2.75) is 20.1 Å². The van der Waals surface area contributed by atoms with Crippen molar-refractivity contribution in [2.24, 2.45) is 0 Å². The Kier molecular flexibility index (Phi) is 7.05. The molecule has 2 aromatic carbocycles. The highest BCUT2D eigenvalue weighted by Crippen LogP contribution is 2.29. The van der Waals surface area contributed by atoms with Crippen LogP contribution in [0, 0.1) is 0 Å². The zero-order chi connectivity index (χ0) is 20.5. The molecule has 1 amide bonds. The molecule has 6 heteroatoms. The van der Waals surface area contributed by atoms with Gasteiger partial charge in [0, 0.05) is 30.1 Å². The van der Waals surface area contributed by atoms with E-state index in [-0.39, 0.29) is 5.91 Å². The number of hydrogen-bond acceptors (Lipinski definition) is 5. The number of hydrogen-bond donors (Lipinski definition) is 1. The minimum atomic E-state index is -0.187. The number of amides is 1. The monoisotopic (exact) mass is 392 g/mol. The molecule has 0 fully saturated rings. The third-order valence-electron chi connectivity index (χ3n) is 4.21. The molecule has 3 rings (SSSR count). The molecule has 0 aliphatic heterocycles. The summed E-state index contributed by atoms with van der Waals surface area (Å²) >= 11 is 0. The zero-order valence-corrected chi connectivity index (χ0v) is 16.6. The molecule has 0 saturated carbocycles. The molecule has 1 heterocycles. The first-order valence-electron chi connectivity index (χ1n) is 9.39. The maximum atomic E-state index is 12.6. The van der Waals surface area contributed by atoms with E-state index in [1.165, 1.54) is 0 Å². The Morgan fingerprint density at radius 3 is 2.62 bits per heavy atom. The van der Waals surface area contributed by atoms with Gasteiger partial charge in [-0.25, -0.2) is 0 Å². The number of rotatable bonds is 9. The number of aromatic nitrogens is 1. The largest absolute Gasteiger partial charge is 0.497 e. The quantitative estimate of drug-likeness (QED) is 0.596. The van der Waals surface area contributed by atoms with Crippen LogP contribution in [0.4, 0.5) is 0 Å². The number of nitrogens with one attached hydrogen (secondary N) is 1. The summed E-state index contributed by atoms with van der Waals surface area (Å²) < 4.78 is 16.7. The Bertz CT molecular complexity index is 945. The Morgan fingerprint density at radius 2 is 1.86 bits per heavy atom. The van der Waals surface area contributed by atoms with Crippen LogP contribution in [-0.4, -0.2) is 24.6 Å². The molecule has 29 heavy (non-hydrogen) atoms. The van der Waals surface area contributed by atoms with E-state index in [4.69, 9.17) is 14.2 Å². The average molecular weight is 392 g/mol. The van der Waals surface area contributed by atoms with Gasteiger partial charge in [0.2, 0.25) is 0 Å². The minimum Gasteiger partial charge on any atom is -0.497 e. The van der Waals surface area contributed by atoms with Gasteiger partial charge in [0.1, 0.15) is 12.4 Å². The highest BCUT2D eigenvalue weighted by atomic mass is 16.5. The van der Waals surface area contributed by atoms with Crippen LogP contribution in [0.2, 0.25) is 0 Å². The maximum absolute atomic E-state index is 12.6. The Balaban J connectivity index is 1.66. The Morgan fingerprint density at radius 1 is 1.00 bits per heavy atom. The van der Waals surface area contributed by atoms with Crippen molar-refractivity contribution >= 4 is 5.91 Å². The van der Waals surface area contributed by atoms with Crippen LogP contribution in [-0.2, 0) is 13.2 Å². The first kappa shape index (κ1) is 20.2. The summed E-state index contributed by atoms with van der Waals surface area (Å²) in [6, 6.07) is 16.6. The molecular weight excluding hydrogens is 368 g/mol. The summed E-state index contributed by atoms with van der Waals surface area (Å²) in [6.45, 7) is 3.13. The summed E-state index contributed by atoms with van der Waals surface area (Å²) in [7, 11) is 1.62. The molecule has 0 spiro atoms. The van der Waals surface area contributed by atoms with Gasteiger partial charge in [-0.2, -0.15) is 0 Å². The predicted molar refractivity (Wildman–Crippen MR) is 110 cm³/mol. The molecule has 1 N–H and O–H groups in total. The van der Waals surface area contributed by atoms with E-state index in [9.17, 15) is 4.79 Å². The van der Waals surface area contributed by atoms with E-state index in [0.29, 0.717) is 36.8 Å². The highest BCUT2D eigenvalue weighted by molar-refractivity contribution is 5.94. The van der Waals surface area contributed by atoms with Gasteiger partial charge in [-0.1, -0.05) is 18.2 Å². The van der Waals surface area contributed by atoms with Gasteiger partial charge in [0.05, 0.1) is 13.7 Å². The normalized spacial score (nSPS) is 10.3. The van der Waals surface area contributed by atoms with Gasteiger partial charge in [-0.05, 0) is 48.9 Å². The summed E-state index contributed by atoms with van der Waals surface area (Å²) in [4.78, 5) is 16.6. The molecule has 0 radical (unpaired) electrons. The number of methoxy groups -OCH3 is 1. The van der Waals surface area contributed by atoms with Gasteiger partial charge >= 0.3 is 0 Å². The number of nitrogens with zero attached hydrogens (tertiary/aromatic N) is 1. The molecular formula is C23H24N2O4. The molecule has 3 aromatic rings. The maximum Gasteiger partial charge on any atom is 0.251 e. The van der Waals surface area contributed by atoms with Gasteiger partial charge in [0.25, 0.3) is 5.91 Å². The number of carbonyl (C=O) groups is 1. The fourth-order valence-corrected chi connectivity index (χ4v) is 2.75. The van der Waals surface area contributed by atoms with E-state index >= 15 is 0 Å². The number of pyridine rings is 1. The number of carbonyl (C=O) groups excluding carboxylic acids is 1. The van der Waals surface area contributed by atoms with Crippen LogP contribution in [0.5, 0.6) is 17.2 Å². The van der Waals surface area contributed by atoms with Gasteiger partial charge < -0.3 is 19.5 Å². The predicted octanol–water partition coefficient (Wildman–Crippen LogP) is 4.00. The number of benzene rings is 2. The standard InChI is InChI=1S/C23H24N2O4/c1-3-28-22-13-19(9-10-21(22)29-16-18-7-5-11-24-14-18)23(26)25-15-17-6-4-8-20(12-17)27-2/h4-14H,3,15-16H2,1-2H3,(H,25,26). The lowest BCUT2D eigenvalue weighted by atomic mass is 10.1. The molecule has 150 valence electrons. The van der Waals surface area contributed by atoms with Crippen LogP contribution in [0.15, 0.2) is 67.0 Å². The first-order chi connectivity index (χ1) is 14.2. The van der Waals surface area contributed by atoms with Crippen molar-refractivity contribution in [3.8, 4) is 17.2 Å². The van der Waals surface area contributed by atoms with Crippen molar-refractivity contribution < 1.29 is 19.0 Å². The first-order valence-corrected chi connectivity index (χ1v) is 9.39. The fourth-order valence-electron chi connectivity index (χ4n) is 2.75. The van der Waals surface area contributed by atoms with Crippen LogP contribution in [0.25, 0.3) is 0 Å². The summed E-state index contributed by atoms with van der Waals surface area (Å²) in [6.07, 6.45) is 3.47. The van der Waals surface area contributed by atoms with Crippen LogP contribution in [0.3, 0.4) is 0 Å². The third-order valence-corrected chi connectivity index (χ3v) is 4.21. The summed E-state index contributed by atoms with van der Waals surface area (Å²) in [5.41, 5.74) is 2.42. The van der Waals surface area contributed by atoms with Crippen molar-refractivity contribution in [1.82, 2.24) is 10.3 Å². The summed E-state index contributed by atoms with van der Waals surface area (Å²) in [5.74, 6) is 1.68. The molecule has 6 nitrogen and oxygen atoms in total. The molecule has 0 saturated heterocycles. The zero-order valence-electron chi connectivity index (χ0n) is 16.6. The van der Waals surface area contributed by atoms with Crippen molar-refractivity contribution in [3.63, 3.8) is 0 Å². The van der Waals surface area contributed by atoms with Gasteiger partial charge in [0.15, 0.2) is 11.5 Å². The lowest BCUT2D eigenvalue weighted by Gasteiger charge is -2.13. The van der Waals surface area contributed by atoms with Crippen molar-refractivity contribution in [1.29, 1.82) is 0 Å². The summed E-state index contributed by atoms with van der Waals surface area (Å²) in [5, 5.41) is 2.91. The second kappa shape index (κ2) is 10.1. The number of ether oxygens (including phenoxy) is 3. The second-order valence-electron chi connectivity index (χ2n) is 6.28. The smallest absolute Gasteiger partial charge is 0.251 e. The Hall–Kier alpha value is -3.54. The van der Waals surface area contributed by atoms with Gasteiger partial charge in [-0.15, -0.1) is 0 Å². The SMILES string of the molecule is CCOc1cc(C(=O)NCc2cccc(OC)c2)ccc1OCc1cccnc1. The molecule has 0 aliphatic rings. The molecule has 0 bridgehead atoms. The molecule has 1 aromatic heterocycles. The molecule has 0 unspecified atom stereocenters. The average Bonchev–Trinajstić information content (AvgIpc) is 2.77. The van der Waals surface area contributed by atoms with E-state index in [0.717, 1.165) is 16.9 Å². The van der Waals surface area contributed by atoms with Gasteiger partial charge in [-0.3, -0.25) is 9.78 Å². The van der Waals surface area contributed by atoms with E-state index < -0.39 is 0 Å². The highest BCUT2D eigenvalue weighted by Gasteiger charge is 2.12. The lowest BCUT2D eigenvalue weighted by Crippen LogP contribution is -2.22. The van der Waals surface area contributed by atoms with E-state index in [2.05, 4.69) is 10.3 Å². The van der Waals surface area contributed by atoms with Crippen LogP contribution < -0.4 is 19.5 Å².